The summed E-state index contributed by atoms with van der Waals surface area (Å²) in [6.45, 7) is 3.01. The molecule has 0 amide bonds. The van der Waals surface area contributed by atoms with E-state index < -0.39 is 0 Å². The molecule has 1 saturated heterocycles. The summed E-state index contributed by atoms with van der Waals surface area (Å²) in [5.74, 6) is 0.853. The lowest BCUT2D eigenvalue weighted by molar-refractivity contribution is 0.0969. The second-order valence-corrected chi connectivity index (χ2v) is 6.93. The van der Waals surface area contributed by atoms with Crippen LogP contribution in [0.1, 0.15) is 34.7 Å². The van der Waals surface area contributed by atoms with Crippen molar-refractivity contribution in [2.45, 2.75) is 18.8 Å². The van der Waals surface area contributed by atoms with Crippen molar-refractivity contribution in [2.24, 2.45) is 0 Å². The van der Waals surface area contributed by atoms with Crippen LogP contribution in [0.15, 0.2) is 72.8 Å². The number of hydrogen-bond acceptors (Lipinski definition) is 2. The molecule has 0 aliphatic carbocycles. The summed E-state index contributed by atoms with van der Waals surface area (Å²) >= 11 is 0. The maximum absolute atomic E-state index is 12.6. The Labute approximate surface area is 149 Å². The van der Waals surface area contributed by atoms with Gasteiger partial charge in [0.15, 0.2) is 5.78 Å². The molecule has 0 radical (unpaired) electrons. The van der Waals surface area contributed by atoms with Gasteiger partial charge in [-0.2, -0.15) is 0 Å². The molecule has 0 saturated carbocycles. The number of Topliss-reactive ketones (excluding diaryl/α,β-unsaturated/α-hetero) is 1. The number of fused-ring (bicyclic) bond motifs is 1. The Kier molecular flexibility index (Phi) is 4.62. The van der Waals surface area contributed by atoms with E-state index in [1.54, 1.807) is 0 Å². The summed E-state index contributed by atoms with van der Waals surface area (Å²) in [4.78, 5) is 15.0. The SMILES string of the molecule is O=C(CCN1CCC(c2ccccc2)C1)c1ccc2ccccc2c1. The molecule has 1 fully saturated rings. The van der Waals surface area contributed by atoms with Crippen LogP contribution >= 0.6 is 0 Å². The lowest BCUT2D eigenvalue weighted by Gasteiger charge is -2.15. The molecule has 3 aromatic carbocycles. The smallest absolute Gasteiger partial charge is 0.164 e. The van der Waals surface area contributed by atoms with Gasteiger partial charge in [0, 0.05) is 25.1 Å². The number of rotatable bonds is 5. The molecule has 0 N–H and O–H groups in total. The zero-order valence-corrected chi connectivity index (χ0v) is 14.4. The zero-order valence-electron chi connectivity index (χ0n) is 14.4. The number of benzene rings is 3. The summed E-state index contributed by atoms with van der Waals surface area (Å²) in [7, 11) is 0. The third-order valence-electron chi connectivity index (χ3n) is 5.27. The first-order chi connectivity index (χ1) is 12.3. The molecule has 1 unspecified atom stereocenters. The molecular formula is C23H23NO. The summed E-state index contributed by atoms with van der Waals surface area (Å²) < 4.78 is 0. The Balaban J connectivity index is 1.35. The van der Waals surface area contributed by atoms with Gasteiger partial charge in [-0.1, -0.05) is 66.7 Å². The third-order valence-corrected chi connectivity index (χ3v) is 5.27. The minimum atomic E-state index is 0.244. The van der Waals surface area contributed by atoms with Crippen LogP contribution in [0.4, 0.5) is 0 Å². The standard InChI is InChI=1S/C23H23NO/c25-23(21-11-10-19-8-4-5-9-20(19)16-21)13-15-24-14-12-22(17-24)18-6-2-1-3-7-18/h1-11,16,22H,12-15,17H2. The normalized spacial score (nSPS) is 17.8. The van der Waals surface area contributed by atoms with Crippen LogP contribution < -0.4 is 0 Å². The molecule has 1 atom stereocenters. The highest BCUT2D eigenvalue weighted by Gasteiger charge is 2.23. The molecule has 25 heavy (non-hydrogen) atoms. The largest absolute Gasteiger partial charge is 0.302 e. The van der Waals surface area contributed by atoms with Crippen molar-refractivity contribution in [2.75, 3.05) is 19.6 Å². The van der Waals surface area contributed by atoms with Gasteiger partial charge in [0.05, 0.1) is 0 Å². The Morgan fingerprint density at radius 2 is 1.68 bits per heavy atom. The number of nitrogens with zero attached hydrogens (tertiary/aromatic N) is 1. The van der Waals surface area contributed by atoms with Gasteiger partial charge in [-0.25, -0.2) is 0 Å². The summed E-state index contributed by atoms with van der Waals surface area (Å²) in [6.07, 6.45) is 1.79. The van der Waals surface area contributed by atoms with Crippen molar-refractivity contribution in [1.29, 1.82) is 0 Å². The van der Waals surface area contributed by atoms with Gasteiger partial charge in [-0.15, -0.1) is 0 Å². The maximum Gasteiger partial charge on any atom is 0.164 e. The average Bonchev–Trinajstić information content (AvgIpc) is 3.15. The Bertz CT molecular complexity index is 871. The van der Waals surface area contributed by atoms with Gasteiger partial charge in [0.1, 0.15) is 0 Å². The van der Waals surface area contributed by atoms with Crippen LogP contribution in [0.3, 0.4) is 0 Å². The van der Waals surface area contributed by atoms with Gasteiger partial charge in [-0.05, 0) is 41.3 Å². The minimum absolute atomic E-state index is 0.244. The van der Waals surface area contributed by atoms with Gasteiger partial charge < -0.3 is 4.90 Å². The molecule has 0 bridgehead atoms. The second kappa shape index (κ2) is 7.20. The van der Waals surface area contributed by atoms with Crippen LogP contribution in [0.25, 0.3) is 10.8 Å². The third kappa shape index (κ3) is 3.64. The van der Waals surface area contributed by atoms with E-state index in [0.717, 1.165) is 30.6 Å². The summed E-state index contributed by atoms with van der Waals surface area (Å²) in [5.41, 5.74) is 2.25. The number of ketones is 1. The number of hydrogen-bond donors (Lipinski definition) is 0. The van der Waals surface area contributed by atoms with Crippen LogP contribution in [0.2, 0.25) is 0 Å². The fourth-order valence-electron chi connectivity index (χ4n) is 3.80. The van der Waals surface area contributed by atoms with Crippen molar-refractivity contribution in [1.82, 2.24) is 4.90 Å². The first-order valence-electron chi connectivity index (χ1n) is 9.09. The maximum atomic E-state index is 12.6. The van der Waals surface area contributed by atoms with Crippen molar-refractivity contribution in [3.8, 4) is 0 Å². The van der Waals surface area contributed by atoms with E-state index in [9.17, 15) is 4.79 Å². The first kappa shape index (κ1) is 16.0. The summed E-state index contributed by atoms with van der Waals surface area (Å²) in [6, 6.07) is 24.9. The molecule has 0 aromatic heterocycles. The van der Waals surface area contributed by atoms with Gasteiger partial charge >= 0.3 is 0 Å². The van der Waals surface area contributed by atoms with E-state index in [-0.39, 0.29) is 5.78 Å². The molecule has 3 aromatic rings. The van der Waals surface area contributed by atoms with Crippen LogP contribution in [-0.2, 0) is 0 Å². The fraction of sp³-hybridized carbons (Fsp3) is 0.261. The monoisotopic (exact) mass is 329 g/mol. The predicted octanol–water partition coefficient (Wildman–Crippen LogP) is 4.90. The van der Waals surface area contributed by atoms with Gasteiger partial charge in [0.2, 0.25) is 0 Å². The van der Waals surface area contributed by atoms with E-state index in [2.05, 4.69) is 47.4 Å². The van der Waals surface area contributed by atoms with E-state index in [4.69, 9.17) is 0 Å². The van der Waals surface area contributed by atoms with Crippen molar-refractivity contribution in [3.63, 3.8) is 0 Å². The molecule has 1 aliphatic rings. The second-order valence-electron chi connectivity index (χ2n) is 6.93. The van der Waals surface area contributed by atoms with E-state index in [0.29, 0.717) is 12.3 Å². The number of likely N-dealkylation sites (tertiary alicyclic amines) is 1. The number of carbonyl (C=O) groups excluding carboxylic acids is 1. The van der Waals surface area contributed by atoms with E-state index in [1.165, 1.54) is 17.4 Å². The van der Waals surface area contributed by atoms with Crippen LogP contribution in [0, 0.1) is 0 Å². The molecule has 0 spiro atoms. The highest BCUT2D eigenvalue weighted by Crippen LogP contribution is 2.27. The lowest BCUT2D eigenvalue weighted by atomic mass is 9.99. The molecule has 1 heterocycles. The lowest BCUT2D eigenvalue weighted by Crippen LogP contribution is -2.23. The highest BCUT2D eigenvalue weighted by atomic mass is 16.1. The average molecular weight is 329 g/mol. The van der Waals surface area contributed by atoms with Crippen molar-refractivity contribution in [3.05, 3.63) is 83.9 Å². The van der Waals surface area contributed by atoms with Crippen molar-refractivity contribution < 1.29 is 4.79 Å². The Hall–Kier alpha value is -2.45. The Morgan fingerprint density at radius 3 is 2.52 bits per heavy atom. The van der Waals surface area contributed by atoms with E-state index in [1.807, 2.05) is 30.3 Å². The fourth-order valence-corrected chi connectivity index (χ4v) is 3.80. The topological polar surface area (TPSA) is 20.3 Å². The van der Waals surface area contributed by atoms with Gasteiger partial charge in [0.25, 0.3) is 0 Å². The molecule has 2 heteroatoms. The first-order valence-corrected chi connectivity index (χ1v) is 9.09. The molecule has 1 aliphatic heterocycles. The summed E-state index contributed by atoms with van der Waals surface area (Å²) in [5, 5.41) is 2.32. The van der Waals surface area contributed by atoms with Gasteiger partial charge in [-0.3, -0.25) is 4.79 Å². The van der Waals surface area contributed by atoms with Crippen LogP contribution in [-0.4, -0.2) is 30.3 Å². The van der Waals surface area contributed by atoms with Crippen LogP contribution in [0.5, 0.6) is 0 Å². The minimum Gasteiger partial charge on any atom is -0.302 e. The van der Waals surface area contributed by atoms with E-state index >= 15 is 0 Å². The molecule has 4 rings (SSSR count). The molecule has 126 valence electrons. The molecule has 2 nitrogen and oxygen atoms in total. The highest BCUT2D eigenvalue weighted by molar-refractivity contribution is 6.00. The quantitative estimate of drug-likeness (QED) is 0.620. The molecular weight excluding hydrogens is 306 g/mol. The van der Waals surface area contributed by atoms with Crippen molar-refractivity contribution >= 4 is 16.6 Å². The number of carbonyl (C=O) groups is 1. The predicted molar refractivity (Wildman–Crippen MR) is 103 cm³/mol. The zero-order chi connectivity index (χ0) is 17.1. The Morgan fingerprint density at radius 1 is 0.920 bits per heavy atom.